The van der Waals surface area contributed by atoms with E-state index < -0.39 is 22.7 Å². The van der Waals surface area contributed by atoms with E-state index >= 15 is 0 Å². The van der Waals surface area contributed by atoms with Crippen LogP contribution in [0.25, 0.3) is 16.6 Å². The molecule has 13 heteroatoms. The summed E-state index contributed by atoms with van der Waals surface area (Å²) < 4.78 is 82.5. The van der Waals surface area contributed by atoms with Gasteiger partial charge < -0.3 is 0 Å². The highest BCUT2D eigenvalue weighted by Gasteiger charge is 2.37. The second-order valence-corrected chi connectivity index (χ2v) is 12.5. The van der Waals surface area contributed by atoms with Crippen LogP contribution in [-0.4, -0.2) is 69.5 Å². The third-order valence-electron chi connectivity index (χ3n) is 7.03. The number of rotatable bonds is 7. The van der Waals surface area contributed by atoms with Gasteiger partial charge in [0.2, 0.25) is 10.0 Å². The number of hydrogen-bond acceptors (Lipinski definition) is 5. The number of aryl methyl sites for hydroxylation is 1. The Bertz CT molecular complexity index is 1610. The summed E-state index contributed by atoms with van der Waals surface area (Å²) in [5.41, 5.74) is 3.43. The van der Waals surface area contributed by atoms with E-state index in [1.54, 1.807) is 23.0 Å². The number of hydrogen-bond donors (Lipinski definition) is 0. The summed E-state index contributed by atoms with van der Waals surface area (Å²) in [6, 6.07) is 9.76. The normalized spacial score (nSPS) is 17.8. The Labute approximate surface area is 229 Å². The Morgan fingerprint density at radius 3 is 2.45 bits per heavy atom. The molecule has 4 aromatic rings. The summed E-state index contributed by atoms with van der Waals surface area (Å²) >= 11 is 0. The fraction of sp³-hybridized carbons (Fsp3) is 0.407. The van der Waals surface area contributed by atoms with Crippen molar-refractivity contribution in [2.75, 3.05) is 26.2 Å². The van der Waals surface area contributed by atoms with Gasteiger partial charge in [0.1, 0.15) is 17.3 Å². The van der Waals surface area contributed by atoms with Crippen LogP contribution in [0.3, 0.4) is 0 Å². The van der Waals surface area contributed by atoms with E-state index in [-0.39, 0.29) is 29.8 Å². The highest BCUT2D eigenvalue weighted by Crippen LogP contribution is 2.34. The smallest absolute Gasteiger partial charge is 0.293 e. The van der Waals surface area contributed by atoms with Crippen molar-refractivity contribution >= 4 is 20.9 Å². The Morgan fingerprint density at radius 2 is 1.77 bits per heavy atom. The predicted octanol–water partition coefficient (Wildman–Crippen LogP) is 4.94. The number of halogens is 4. The maximum absolute atomic E-state index is 13.5. The molecule has 1 aliphatic heterocycles. The van der Waals surface area contributed by atoms with Gasteiger partial charge in [-0.2, -0.15) is 27.7 Å². The summed E-state index contributed by atoms with van der Waals surface area (Å²) in [4.78, 5) is 1.99. The molecular weight excluding hydrogens is 548 g/mol. The molecule has 0 aliphatic carbocycles. The molecule has 8 nitrogen and oxygen atoms in total. The van der Waals surface area contributed by atoms with Gasteiger partial charge in [-0.05, 0) is 60.4 Å². The molecule has 0 amide bonds. The highest BCUT2D eigenvalue weighted by atomic mass is 32.2. The maximum atomic E-state index is 13.5. The Hall–Kier alpha value is -3.29. The minimum Gasteiger partial charge on any atom is -0.293 e. The van der Waals surface area contributed by atoms with Gasteiger partial charge in [0.15, 0.2) is 0 Å². The van der Waals surface area contributed by atoms with E-state index in [1.165, 1.54) is 16.4 Å². The molecule has 40 heavy (non-hydrogen) atoms. The quantitative estimate of drug-likeness (QED) is 0.291. The van der Waals surface area contributed by atoms with Gasteiger partial charge in [-0.15, -0.1) is 0 Å². The van der Waals surface area contributed by atoms with Crippen molar-refractivity contribution in [2.45, 2.75) is 44.4 Å². The zero-order valence-corrected chi connectivity index (χ0v) is 23.1. The Balaban J connectivity index is 1.48. The minimum absolute atomic E-state index is 0.137. The molecule has 2 aromatic carbocycles. The third kappa shape index (κ3) is 5.77. The van der Waals surface area contributed by atoms with Crippen molar-refractivity contribution in [1.82, 2.24) is 28.8 Å². The first-order chi connectivity index (χ1) is 18.8. The molecule has 0 spiro atoms. The van der Waals surface area contributed by atoms with Crippen molar-refractivity contribution in [2.24, 2.45) is 5.92 Å². The number of aromatic nitrogens is 4. The second kappa shape index (κ2) is 10.6. The number of piperazine rings is 1. The molecule has 214 valence electrons. The third-order valence-corrected chi connectivity index (χ3v) is 8.85. The molecule has 1 aliphatic rings. The van der Waals surface area contributed by atoms with Crippen LogP contribution in [0.1, 0.15) is 31.0 Å². The summed E-state index contributed by atoms with van der Waals surface area (Å²) in [5, 5.41) is 8.97. The second-order valence-electron chi connectivity index (χ2n) is 10.6. The fourth-order valence-electron chi connectivity index (χ4n) is 5.24. The SMILES string of the molecule is Cc1cc2c(cnn2-c2ccc(F)cc2)cc1C1CN(S(=O)(=O)c2cnn(CC(F)(F)F)c2)CCN1CC(C)C. The molecule has 1 atom stereocenters. The number of benzene rings is 2. The first-order valence-electron chi connectivity index (χ1n) is 12.9. The largest absolute Gasteiger partial charge is 0.408 e. The van der Waals surface area contributed by atoms with Crippen LogP contribution >= 0.6 is 0 Å². The number of nitrogens with zero attached hydrogens (tertiary/aromatic N) is 6. The lowest BCUT2D eigenvalue weighted by atomic mass is 9.96. The Morgan fingerprint density at radius 1 is 1.05 bits per heavy atom. The van der Waals surface area contributed by atoms with Gasteiger partial charge in [-0.1, -0.05) is 13.8 Å². The number of sulfonamides is 1. The Kier molecular flexibility index (Phi) is 7.48. The molecule has 0 radical (unpaired) electrons. The summed E-state index contributed by atoms with van der Waals surface area (Å²) in [6.07, 6.45) is -0.890. The molecule has 1 saturated heterocycles. The molecule has 0 bridgehead atoms. The standard InChI is InChI=1S/C27H30F4N6O2S/c1-18(2)14-34-8-9-36(40(38,39)23-13-32-35(15-23)17-27(29,30)31)16-26(34)24-11-20-12-33-37(25(20)10-19(24)3)22-6-4-21(28)5-7-22/h4-7,10-13,15,18,26H,8-9,14,16-17H2,1-3H3. The molecule has 2 aromatic heterocycles. The molecule has 0 N–H and O–H groups in total. The summed E-state index contributed by atoms with van der Waals surface area (Å²) in [7, 11) is -4.07. The van der Waals surface area contributed by atoms with Gasteiger partial charge in [-0.25, -0.2) is 17.5 Å². The van der Waals surface area contributed by atoms with Crippen LogP contribution < -0.4 is 0 Å². The minimum atomic E-state index is -4.51. The monoisotopic (exact) mass is 578 g/mol. The van der Waals surface area contributed by atoms with Gasteiger partial charge in [-0.3, -0.25) is 9.58 Å². The summed E-state index contributed by atoms with van der Waals surface area (Å²) in [5.74, 6) is -0.00931. The van der Waals surface area contributed by atoms with Gasteiger partial charge >= 0.3 is 6.18 Å². The van der Waals surface area contributed by atoms with Crippen LogP contribution in [0, 0.1) is 18.7 Å². The van der Waals surface area contributed by atoms with Crippen LogP contribution in [0.4, 0.5) is 17.6 Å². The van der Waals surface area contributed by atoms with Gasteiger partial charge in [0.05, 0.1) is 23.6 Å². The van der Waals surface area contributed by atoms with Crippen LogP contribution in [0.2, 0.25) is 0 Å². The van der Waals surface area contributed by atoms with Crippen LogP contribution in [0.5, 0.6) is 0 Å². The first kappa shape index (κ1) is 28.2. The van der Waals surface area contributed by atoms with Crippen LogP contribution in [0.15, 0.2) is 59.9 Å². The zero-order chi connectivity index (χ0) is 28.8. The van der Waals surface area contributed by atoms with Crippen LogP contribution in [-0.2, 0) is 16.6 Å². The molecule has 3 heterocycles. The van der Waals surface area contributed by atoms with E-state index in [4.69, 9.17) is 0 Å². The van der Waals surface area contributed by atoms with Gasteiger partial charge in [0, 0.05) is 43.8 Å². The lowest BCUT2D eigenvalue weighted by molar-refractivity contribution is -0.142. The van der Waals surface area contributed by atoms with E-state index in [2.05, 4.69) is 28.9 Å². The molecule has 5 rings (SSSR count). The van der Waals surface area contributed by atoms with Gasteiger partial charge in [0.25, 0.3) is 0 Å². The first-order valence-corrected chi connectivity index (χ1v) is 14.3. The molecule has 1 unspecified atom stereocenters. The van der Waals surface area contributed by atoms with E-state index in [0.29, 0.717) is 22.8 Å². The average Bonchev–Trinajstić information content (AvgIpc) is 3.50. The molecule has 0 saturated carbocycles. The topological polar surface area (TPSA) is 76.3 Å². The zero-order valence-electron chi connectivity index (χ0n) is 22.3. The fourth-order valence-corrected chi connectivity index (χ4v) is 6.63. The van der Waals surface area contributed by atoms with E-state index in [0.717, 1.165) is 41.0 Å². The molecule has 1 fully saturated rings. The average molecular weight is 579 g/mol. The number of fused-ring (bicyclic) bond motifs is 1. The number of alkyl halides is 3. The lowest BCUT2D eigenvalue weighted by Gasteiger charge is -2.42. The van der Waals surface area contributed by atoms with Crippen molar-refractivity contribution in [1.29, 1.82) is 0 Å². The van der Waals surface area contributed by atoms with Crippen molar-refractivity contribution in [3.8, 4) is 5.69 Å². The molecular formula is C27H30F4N6O2S. The lowest BCUT2D eigenvalue weighted by Crippen LogP contribution is -2.51. The van der Waals surface area contributed by atoms with Crippen molar-refractivity contribution < 1.29 is 26.0 Å². The van der Waals surface area contributed by atoms with Crippen molar-refractivity contribution in [3.05, 3.63) is 71.9 Å². The van der Waals surface area contributed by atoms with E-state index in [9.17, 15) is 26.0 Å². The highest BCUT2D eigenvalue weighted by molar-refractivity contribution is 7.89. The maximum Gasteiger partial charge on any atom is 0.408 e. The van der Waals surface area contributed by atoms with Crippen molar-refractivity contribution in [3.63, 3.8) is 0 Å². The van der Waals surface area contributed by atoms with E-state index in [1.807, 2.05) is 19.1 Å². The predicted molar refractivity (Wildman–Crippen MR) is 142 cm³/mol. The summed E-state index contributed by atoms with van der Waals surface area (Å²) in [6.45, 7) is 6.34.